The summed E-state index contributed by atoms with van der Waals surface area (Å²) in [5.41, 5.74) is 5.87. The van der Waals surface area contributed by atoms with Crippen LogP contribution in [0.3, 0.4) is 0 Å². The van der Waals surface area contributed by atoms with Gasteiger partial charge in [-0.1, -0.05) is 6.07 Å². The first-order chi connectivity index (χ1) is 7.40. The van der Waals surface area contributed by atoms with E-state index in [0.717, 1.165) is 0 Å². The standard InChI is InChI=1S/C12H19NO3/c1-12(2,13)11(14)8-5-6-9(15-3)10(7-8)16-4/h5-7,11,14H,13H2,1-4H3. The van der Waals surface area contributed by atoms with Crippen LogP contribution in [0.25, 0.3) is 0 Å². The minimum absolute atomic E-state index is 0.586. The van der Waals surface area contributed by atoms with Crippen molar-refractivity contribution in [3.05, 3.63) is 23.8 Å². The van der Waals surface area contributed by atoms with Gasteiger partial charge in [-0.2, -0.15) is 0 Å². The number of benzene rings is 1. The molecule has 0 fully saturated rings. The molecule has 0 aliphatic carbocycles. The van der Waals surface area contributed by atoms with Gasteiger partial charge in [0, 0.05) is 5.54 Å². The largest absolute Gasteiger partial charge is 0.493 e. The first-order valence-corrected chi connectivity index (χ1v) is 5.09. The SMILES string of the molecule is COc1ccc(C(O)C(C)(C)N)cc1OC. The molecule has 1 aromatic rings. The lowest BCUT2D eigenvalue weighted by atomic mass is 9.92. The van der Waals surface area contributed by atoms with Crippen LogP contribution in [0.15, 0.2) is 18.2 Å². The molecule has 1 aromatic carbocycles. The molecule has 1 unspecified atom stereocenters. The van der Waals surface area contributed by atoms with Crippen molar-refractivity contribution in [2.45, 2.75) is 25.5 Å². The zero-order valence-corrected chi connectivity index (χ0v) is 10.2. The molecular formula is C12H19NO3. The quantitative estimate of drug-likeness (QED) is 0.814. The second-order valence-electron chi connectivity index (χ2n) is 4.34. The van der Waals surface area contributed by atoms with Crippen LogP contribution in [0.5, 0.6) is 11.5 Å². The van der Waals surface area contributed by atoms with E-state index in [1.54, 1.807) is 46.3 Å². The van der Waals surface area contributed by atoms with Crippen molar-refractivity contribution in [1.29, 1.82) is 0 Å². The molecule has 0 saturated carbocycles. The maximum Gasteiger partial charge on any atom is 0.161 e. The van der Waals surface area contributed by atoms with Gasteiger partial charge in [-0.3, -0.25) is 0 Å². The Morgan fingerprint density at radius 3 is 2.19 bits per heavy atom. The molecule has 0 aromatic heterocycles. The number of aliphatic hydroxyl groups excluding tert-OH is 1. The van der Waals surface area contributed by atoms with E-state index < -0.39 is 11.6 Å². The number of ether oxygens (including phenoxy) is 2. The third kappa shape index (κ3) is 2.65. The molecule has 4 nitrogen and oxygen atoms in total. The Kier molecular flexibility index (Phi) is 3.78. The summed E-state index contributed by atoms with van der Waals surface area (Å²) in [5.74, 6) is 1.22. The molecular weight excluding hydrogens is 206 g/mol. The smallest absolute Gasteiger partial charge is 0.161 e. The Morgan fingerprint density at radius 2 is 1.75 bits per heavy atom. The van der Waals surface area contributed by atoms with Crippen LogP contribution in [-0.4, -0.2) is 24.9 Å². The summed E-state index contributed by atoms with van der Waals surface area (Å²) in [6.07, 6.45) is -0.743. The molecule has 4 heteroatoms. The summed E-state index contributed by atoms with van der Waals surface area (Å²) < 4.78 is 10.3. The topological polar surface area (TPSA) is 64.7 Å². The van der Waals surface area contributed by atoms with Crippen LogP contribution < -0.4 is 15.2 Å². The van der Waals surface area contributed by atoms with Crippen LogP contribution >= 0.6 is 0 Å². The monoisotopic (exact) mass is 225 g/mol. The molecule has 0 spiro atoms. The van der Waals surface area contributed by atoms with Gasteiger partial charge >= 0.3 is 0 Å². The number of aliphatic hydroxyl groups is 1. The molecule has 0 amide bonds. The number of hydrogen-bond donors (Lipinski definition) is 2. The van der Waals surface area contributed by atoms with Crippen LogP contribution in [0, 0.1) is 0 Å². The molecule has 0 radical (unpaired) electrons. The summed E-state index contributed by atoms with van der Waals surface area (Å²) >= 11 is 0. The zero-order chi connectivity index (χ0) is 12.3. The highest BCUT2D eigenvalue weighted by atomic mass is 16.5. The summed E-state index contributed by atoms with van der Waals surface area (Å²) in [6, 6.07) is 5.27. The van der Waals surface area contributed by atoms with Crippen LogP contribution in [0.1, 0.15) is 25.5 Å². The minimum atomic E-state index is -0.743. The van der Waals surface area contributed by atoms with Gasteiger partial charge in [0.25, 0.3) is 0 Å². The molecule has 0 bridgehead atoms. The lowest BCUT2D eigenvalue weighted by molar-refractivity contribution is 0.104. The van der Waals surface area contributed by atoms with Gasteiger partial charge in [0.15, 0.2) is 11.5 Å². The third-order valence-electron chi connectivity index (χ3n) is 2.43. The summed E-state index contributed by atoms with van der Waals surface area (Å²) in [4.78, 5) is 0. The molecule has 0 saturated heterocycles. The Bertz CT molecular complexity index is 358. The first-order valence-electron chi connectivity index (χ1n) is 5.09. The predicted octanol–water partition coefficient (Wildman–Crippen LogP) is 1.47. The number of methoxy groups -OCH3 is 2. The van der Waals surface area contributed by atoms with Crippen molar-refractivity contribution in [3.8, 4) is 11.5 Å². The van der Waals surface area contributed by atoms with E-state index in [1.165, 1.54) is 0 Å². The molecule has 1 rings (SSSR count). The number of hydrogen-bond acceptors (Lipinski definition) is 4. The highest BCUT2D eigenvalue weighted by molar-refractivity contribution is 5.43. The number of nitrogens with two attached hydrogens (primary N) is 1. The second-order valence-corrected chi connectivity index (χ2v) is 4.34. The maximum absolute atomic E-state index is 10.0. The van der Waals surface area contributed by atoms with Gasteiger partial charge in [-0.05, 0) is 31.5 Å². The lowest BCUT2D eigenvalue weighted by Crippen LogP contribution is -2.39. The molecule has 16 heavy (non-hydrogen) atoms. The molecule has 90 valence electrons. The molecule has 1 atom stereocenters. The van der Waals surface area contributed by atoms with Gasteiger partial charge in [-0.15, -0.1) is 0 Å². The van der Waals surface area contributed by atoms with Gasteiger partial charge in [0.05, 0.1) is 20.3 Å². The molecule has 3 N–H and O–H groups in total. The highest BCUT2D eigenvalue weighted by Gasteiger charge is 2.25. The van der Waals surface area contributed by atoms with E-state index in [0.29, 0.717) is 17.1 Å². The van der Waals surface area contributed by atoms with E-state index in [9.17, 15) is 5.11 Å². The van der Waals surface area contributed by atoms with Crippen molar-refractivity contribution in [2.75, 3.05) is 14.2 Å². The fourth-order valence-corrected chi connectivity index (χ4v) is 1.45. The second kappa shape index (κ2) is 4.72. The molecule has 0 aliphatic rings. The Labute approximate surface area is 96.0 Å². The van der Waals surface area contributed by atoms with Crippen molar-refractivity contribution in [2.24, 2.45) is 5.73 Å². The van der Waals surface area contributed by atoms with Crippen molar-refractivity contribution >= 4 is 0 Å². The highest BCUT2D eigenvalue weighted by Crippen LogP contribution is 2.32. The van der Waals surface area contributed by atoms with Crippen LogP contribution in [-0.2, 0) is 0 Å². The maximum atomic E-state index is 10.0. The van der Waals surface area contributed by atoms with Gasteiger partial charge < -0.3 is 20.3 Å². The van der Waals surface area contributed by atoms with E-state index in [1.807, 2.05) is 0 Å². The molecule has 0 heterocycles. The summed E-state index contributed by atoms with van der Waals surface area (Å²) in [7, 11) is 3.13. The average molecular weight is 225 g/mol. The first kappa shape index (κ1) is 12.8. The van der Waals surface area contributed by atoms with Crippen molar-refractivity contribution in [3.63, 3.8) is 0 Å². The van der Waals surface area contributed by atoms with E-state index >= 15 is 0 Å². The minimum Gasteiger partial charge on any atom is -0.493 e. The summed E-state index contributed by atoms with van der Waals surface area (Å²) in [6.45, 7) is 3.54. The van der Waals surface area contributed by atoms with Gasteiger partial charge in [-0.25, -0.2) is 0 Å². The van der Waals surface area contributed by atoms with Gasteiger partial charge in [0.2, 0.25) is 0 Å². The Balaban J connectivity index is 3.08. The van der Waals surface area contributed by atoms with E-state index in [-0.39, 0.29) is 0 Å². The van der Waals surface area contributed by atoms with Crippen LogP contribution in [0.4, 0.5) is 0 Å². The fraction of sp³-hybridized carbons (Fsp3) is 0.500. The van der Waals surface area contributed by atoms with Crippen molar-refractivity contribution < 1.29 is 14.6 Å². The number of rotatable bonds is 4. The normalized spacial score (nSPS) is 13.4. The van der Waals surface area contributed by atoms with Crippen molar-refractivity contribution in [1.82, 2.24) is 0 Å². The Morgan fingerprint density at radius 1 is 1.19 bits per heavy atom. The zero-order valence-electron chi connectivity index (χ0n) is 10.2. The molecule has 0 aliphatic heterocycles. The Hall–Kier alpha value is -1.26. The van der Waals surface area contributed by atoms with E-state index in [4.69, 9.17) is 15.2 Å². The van der Waals surface area contributed by atoms with Crippen LogP contribution in [0.2, 0.25) is 0 Å². The van der Waals surface area contributed by atoms with Gasteiger partial charge in [0.1, 0.15) is 0 Å². The predicted molar refractivity (Wildman–Crippen MR) is 62.8 cm³/mol. The summed E-state index contributed by atoms with van der Waals surface area (Å²) in [5, 5.41) is 10.0. The average Bonchev–Trinajstić information content (AvgIpc) is 2.25. The third-order valence-corrected chi connectivity index (χ3v) is 2.43. The van der Waals surface area contributed by atoms with E-state index in [2.05, 4.69) is 0 Å². The fourth-order valence-electron chi connectivity index (χ4n) is 1.45. The lowest BCUT2D eigenvalue weighted by Gasteiger charge is -2.26.